The maximum absolute atomic E-state index is 10.7. The van der Waals surface area contributed by atoms with Gasteiger partial charge in [-0.1, -0.05) is 6.92 Å². The second-order valence-corrected chi connectivity index (χ2v) is 3.18. The topological polar surface area (TPSA) is 77.8 Å². The lowest BCUT2D eigenvalue weighted by Crippen LogP contribution is -2.43. The van der Waals surface area contributed by atoms with Gasteiger partial charge in [0.1, 0.15) is 6.04 Å². The third kappa shape index (κ3) is 1.74. The summed E-state index contributed by atoms with van der Waals surface area (Å²) < 4.78 is 0. The smallest absolute Gasteiger partial charge is 0.408 e. The van der Waals surface area contributed by atoms with Crippen LogP contribution in [0.2, 0.25) is 0 Å². The van der Waals surface area contributed by atoms with Gasteiger partial charge in [-0.25, -0.2) is 9.59 Å². The van der Waals surface area contributed by atoms with E-state index in [4.69, 9.17) is 10.2 Å². The van der Waals surface area contributed by atoms with Crippen molar-refractivity contribution in [1.29, 1.82) is 0 Å². The maximum Gasteiger partial charge on any atom is 0.408 e. The van der Waals surface area contributed by atoms with Crippen LogP contribution in [0.1, 0.15) is 26.2 Å². The van der Waals surface area contributed by atoms with Crippen molar-refractivity contribution in [2.45, 2.75) is 38.3 Å². The second-order valence-electron chi connectivity index (χ2n) is 3.18. The fourth-order valence-corrected chi connectivity index (χ4v) is 1.82. The second kappa shape index (κ2) is 3.64. The largest absolute Gasteiger partial charge is 0.480 e. The molecular formula is C8H13NO4. The minimum absolute atomic E-state index is 0.126. The van der Waals surface area contributed by atoms with Crippen LogP contribution in [0.25, 0.3) is 0 Å². The van der Waals surface area contributed by atoms with Crippen molar-refractivity contribution >= 4 is 12.1 Å². The minimum Gasteiger partial charge on any atom is -0.480 e. The van der Waals surface area contributed by atoms with Gasteiger partial charge in [0, 0.05) is 6.04 Å². The summed E-state index contributed by atoms with van der Waals surface area (Å²) in [5, 5.41) is 17.5. The van der Waals surface area contributed by atoms with Crippen molar-refractivity contribution in [3.05, 3.63) is 0 Å². The molecule has 1 aliphatic rings. The maximum atomic E-state index is 10.7. The SMILES string of the molecule is CC[C@@H]1CC[C@@H](C(=O)O)N1C(=O)O. The molecule has 0 aromatic carbocycles. The summed E-state index contributed by atoms with van der Waals surface area (Å²) in [6, 6.07) is -0.971. The molecule has 1 rings (SSSR count). The first kappa shape index (κ1) is 9.83. The molecule has 13 heavy (non-hydrogen) atoms. The van der Waals surface area contributed by atoms with E-state index < -0.39 is 18.1 Å². The molecule has 1 heterocycles. The molecule has 1 saturated heterocycles. The molecule has 74 valence electrons. The number of hydrogen-bond donors (Lipinski definition) is 2. The number of aliphatic carboxylic acids is 1. The van der Waals surface area contributed by atoms with Crippen molar-refractivity contribution in [2.24, 2.45) is 0 Å². The Bertz CT molecular complexity index is 228. The van der Waals surface area contributed by atoms with E-state index in [0.29, 0.717) is 19.3 Å². The van der Waals surface area contributed by atoms with Crippen molar-refractivity contribution in [1.82, 2.24) is 4.90 Å². The highest BCUT2D eigenvalue weighted by Gasteiger charge is 2.39. The summed E-state index contributed by atoms with van der Waals surface area (Å²) >= 11 is 0. The number of hydrogen-bond acceptors (Lipinski definition) is 2. The van der Waals surface area contributed by atoms with E-state index >= 15 is 0 Å². The van der Waals surface area contributed by atoms with Gasteiger partial charge in [0.05, 0.1) is 0 Å². The first-order valence-electron chi connectivity index (χ1n) is 4.32. The van der Waals surface area contributed by atoms with Gasteiger partial charge in [0.2, 0.25) is 0 Å². The van der Waals surface area contributed by atoms with Crippen LogP contribution in [0.5, 0.6) is 0 Å². The Hall–Kier alpha value is -1.26. The van der Waals surface area contributed by atoms with Gasteiger partial charge >= 0.3 is 12.1 Å². The van der Waals surface area contributed by atoms with Gasteiger partial charge in [-0.05, 0) is 19.3 Å². The fraction of sp³-hybridized carbons (Fsp3) is 0.750. The van der Waals surface area contributed by atoms with E-state index in [1.165, 1.54) is 0 Å². The molecule has 0 aromatic rings. The van der Waals surface area contributed by atoms with Gasteiger partial charge in [-0.2, -0.15) is 0 Å². The summed E-state index contributed by atoms with van der Waals surface area (Å²) in [5.41, 5.74) is 0. The lowest BCUT2D eigenvalue weighted by atomic mass is 10.1. The quantitative estimate of drug-likeness (QED) is 0.675. The van der Waals surface area contributed by atoms with Crippen molar-refractivity contribution in [3.63, 3.8) is 0 Å². The molecule has 0 spiro atoms. The Morgan fingerprint density at radius 3 is 2.38 bits per heavy atom. The molecule has 1 amide bonds. The molecule has 0 aliphatic carbocycles. The van der Waals surface area contributed by atoms with Crippen molar-refractivity contribution in [3.8, 4) is 0 Å². The van der Waals surface area contributed by atoms with Crippen molar-refractivity contribution in [2.75, 3.05) is 0 Å². The van der Waals surface area contributed by atoms with E-state index in [2.05, 4.69) is 0 Å². The zero-order valence-electron chi connectivity index (χ0n) is 7.43. The lowest BCUT2D eigenvalue weighted by molar-refractivity contribution is -0.142. The third-order valence-electron chi connectivity index (χ3n) is 2.48. The number of nitrogens with zero attached hydrogens (tertiary/aromatic N) is 1. The minimum atomic E-state index is -1.13. The van der Waals surface area contributed by atoms with E-state index in [1.807, 2.05) is 6.92 Å². The predicted octanol–water partition coefficient (Wildman–Crippen LogP) is 0.992. The Balaban J connectivity index is 2.78. The summed E-state index contributed by atoms with van der Waals surface area (Å²) in [7, 11) is 0. The van der Waals surface area contributed by atoms with Crippen LogP contribution < -0.4 is 0 Å². The zero-order valence-corrected chi connectivity index (χ0v) is 7.43. The van der Waals surface area contributed by atoms with Crippen LogP contribution in [0.3, 0.4) is 0 Å². The van der Waals surface area contributed by atoms with Crippen LogP contribution in [-0.4, -0.2) is 39.3 Å². The van der Waals surface area contributed by atoms with Gasteiger partial charge < -0.3 is 10.2 Å². The molecule has 0 radical (unpaired) electrons. The summed E-state index contributed by atoms with van der Waals surface area (Å²) in [5.74, 6) is -1.04. The zero-order chi connectivity index (χ0) is 10.0. The van der Waals surface area contributed by atoms with Gasteiger partial charge in [-0.15, -0.1) is 0 Å². The van der Waals surface area contributed by atoms with E-state index in [0.717, 1.165) is 4.90 Å². The van der Waals surface area contributed by atoms with Crippen LogP contribution in [-0.2, 0) is 4.79 Å². The number of carboxylic acids is 1. The molecule has 5 nitrogen and oxygen atoms in total. The number of carboxylic acid groups (broad SMARTS) is 2. The van der Waals surface area contributed by atoms with Gasteiger partial charge in [-0.3, -0.25) is 4.90 Å². The highest BCUT2D eigenvalue weighted by Crippen LogP contribution is 2.26. The highest BCUT2D eigenvalue weighted by atomic mass is 16.4. The Morgan fingerprint density at radius 2 is 2.00 bits per heavy atom. The van der Waals surface area contributed by atoms with E-state index in [-0.39, 0.29) is 6.04 Å². The lowest BCUT2D eigenvalue weighted by Gasteiger charge is -2.23. The van der Waals surface area contributed by atoms with Crippen LogP contribution in [0.15, 0.2) is 0 Å². The predicted molar refractivity (Wildman–Crippen MR) is 44.6 cm³/mol. The Kier molecular flexibility index (Phi) is 2.75. The van der Waals surface area contributed by atoms with E-state index in [1.54, 1.807) is 0 Å². The first-order valence-corrected chi connectivity index (χ1v) is 4.32. The average Bonchev–Trinajstić information content (AvgIpc) is 2.46. The molecule has 0 unspecified atom stereocenters. The molecule has 1 fully saturated rings. The Morgan fingerprint density at radius 1 is 1.38 bits per heavy atom. The fourth-order valence-electron chi connectivity index (χ4n) is 1.82. The molecule has 2 atom stereocenters. The standard InChI is InChI=1S/C8H13NO4/c1-2-5-3-4-6(7(10)11)9(5)8(12)13/h5-6H,2-4H2,1H3,(H,10,11)(H,12,13)/t5-,6+/m1/s1. The molecule has 5 heteroatoms. The van der Waals surface area contributed by atoms with Gasteiger partial charge in [0.15, 0.2) is 0 Å². The number of amides is 1. The monoisotopic (exact) mass is 187 g/mol. The summed E-state index contributed by atoms with van der Waals surface area (Å²) in [6.45, 7) is 1.87. The molecule has 2 N–H and O–H groups in total. The molecular weight excluding hydrogens is 174 g/mol. The molecule has 0 aromatic heterocycles. The highest BCUT2D eigenvalue weighted by molar-refractivity contribution is 5.80. The summed E-state index contributed by atoms with van der Waals surface area (Å²) in [4.78, 5) is 22.5. The number of rotatable bonds is 2. The van der Waals surface area contributed by atoms with Crippen LogP contribution in [0, 0.1) is 0 Å². The molecule has 0 saturated carbocycles. The first-order chi connectivity index (χ1) is 6.07. The molecule has 1 aliphatic heterocycles. The number of carbonyl (C=O) groups is 2. The number of likely N-dealkylation sites (tertiary alicyclic amines) is 1. The normalized spacial score (nSPS) is 27.6. The van der Waals surface area contributed by atoms with E-state index in [9.17, 15) is 9.59 Å². The van der Waals surface area contributed by atoms with Crippen LogP contribution in [0.4, 0.5) is 4.79 Å². The third-order valence-corrected chi connectivity index (χ3v) is 2.48. The van der Waals surface area contributed by atoms with Gasteiger partial charge in [0.25, 0.3) is 0 Å². The average molecular weight is 187 g/mol. The Labute approximate surface area is 76.0 Å². The summed E-state index contributed by atoms with van der Waals surface area (Å²) in [6.07, 6.45) is 0.632. The van der Waals surface area contributed by atoms with Crippen LogP contribution >= 0.6 is 0 Å². The van der Waals surface area contributed by atoms with Crippen molar-refractivity contribution < 1.29 is 19.8 Å². The molecule has 0 bridgehead atoms.